The number of piperidine rings is 1. The molecule has 1 aromatic heterocycles. The van der Waals surface area contributed by atoms with E-state index in [1.54, 1.807) is 0 Å². The number of anilines is 2. The number of rotatable bonds is 3. The lowest BCUT2D eigenvalue weighted by molar-refractivity contribution is -0.136. The van der Waals surface area contributed by atoms with Gasteiger partial charge in [-0.1, -0.05) is 11.6 Å². The molecule has 9 heteroatoms. The normalized spacial score (nSPS) is 15.0. The number of hydrogen-bond acceptors (Lipinski definition) is 4. The molecule has 1 aliphatic rings. The van der Waals surface area contributed by atoms with E-state index in [1.807, 2.05) is 0 Å². The zero-order chi connectivity index (χ0) is 18.7. The summed E-state index contributed by atoms with van der Waals surface area (Å²) < 4.78 is 39.3. The van der Waals surface area contributed by atoms with Gasteiger partial charge in [0.25, 0.3) is 5.91 Å². The van der Waals surface area contributed by atoms with Crippen molar-refractivity contribution in [2.75, 3.05) is 23.3 Å². The van der Waals surface area contributed by atoms with E-state index in [0.29, 0.717) is 5.82 Å². The molecular weight excluding hydrogens is 369 g/mol. The maximum Gasteiger partial charge on any atom is 0.418 e. The quantitative estimate of drug-likeness (QED) is 0.852. The molecule has 3 rings (SSSR count). The maximum absolute atomic E-state index is 13.1. The van der Waals surface area contributed by atoms with E-state index in [9.17, 15) is 18.0 Å². The molecule has 0 spiro atoms. The van der Waals surface area contributed by atoms with Crippen molar-refractivity contribution in [2.24, 2.45) is 0 Å². The average molecular weight is 385 g/mol. The van der Waals surface area contributed by atoms with Crippen LogP contribution >= 0.6 is 11.6 Å². The van der Waals surface area contributed by atoms with E-state index in [4.69, 9.17) is 11.6 Å². The number of alkyl halides is 3. The van der Waals surface area contributed by atoms with Crippen LogP contribution in [0.5, 0.6) is 0 Å². The van der Waals surface area contributed by atoms with E-state index in [2.05, 4.69) is 20.2 Å². The molecule has 0 saturated carbocycles. The highest BCUT2D eigenvalue weighted by molar-refractivity contribution is 6.30. The Morgan fingerprint density at radius 2 is 1.85 bits per heavy atom. The largest absolute Gasteiger partial charge is 0.418 e. The third-order valence-corrected chi connectivity index (χ3v) is 4.32. The molecule has 5 nitrogen and oxygen atoms in total. The molecule has 0 atom stereocenters. The second kappa shape index (κ2) is 7.49. The van der Waals surface area contributed by atoms with Crippen LogP contribution in [-0.4, -0.2) is 29.0 Å². The van der Waals surface area contributed by atoms with E-state index >= 15 is 0 Å². The van der Waals surface area contributed by atoms with Gasteiger partial charge >= 0.3 is 6.18 Å². The van der Waals surface area contributed by atoms with Gasteiger partial charge in [-0.05, 0) is 37.5 Å². The van der Waals surface area contributed by atoms with Crippen molar-refractivity contribution in [2.45, 2.75) is 25.4 Å². The summed E-state index contributed by atoms with van der Waals surface area (Å²) >= 11 is 5.63. The number of aromatic nitrogens is 2. The maximum atomic E-state index is 13.1. The molecule has 2 aromatic rings. The molecule has 0 bridgehead atoms. The van der Waals surface area contributed by atoms with Gasteiger partial charge in [0.2, 0.25) is 0 Å². The Kier molecular flexibility index (Phi) is 5.31. The van der Waals surface area contributed by atoms with Crippen LogP contribution in [0.4, 0.5) is 24.7 Å². The van der Waals surface area contributed by atoms with Gasteiger partial charge in [-0.25, -0.2) is 9.97 Å². The fourth-order valence-electron chi connectivity index (χ4n) is 2.77. The number of nitrogens with zero attached hydrogens (tertiary/aromatic N) is 3. The summed E-state index contributed by atoms with van der Waals surface area (Å²) in [5, 5.41) is 2.16. The molecule has 1 fully saturated rings. The smallest absolute Gasteiger partial charge is 0.355 e. The molecule has 26 heavy (non-hydrogen) atoms. The minimum absolute atomic E-state index is 0.0613. The van der Waals surface area contributed by atoms with Gasteiger partial charge in [-0.2, -0.15) is 13.2 Å². The molecule has 1 N–H and O–H groups in total. The predicted molar refractivity (Wildman–Crippen MR) is 92.5 cm³/mol. The van der Waals surface area contributed by atoms with Crippen molar-refractivity contribution in [3.05, 3.63) is 46.9 Å². The number of carbonyl (C=O) groups excluding carboxylic acids is 1. The molecule has 1 aromatic carbocycles. The molecule has 0 unspecified atom stereocenters. The van der Waals surface area contributed by atoms with Crippen LogP contribution in [0, 0.1) is 0 Å². The van der Waals surface area contributed by atoms with Crippen LogP contribution in [0.3, 0.4) is 0 Å². The van der Waals surface area contributed by atoms with Crippen molar-refractivity contribution in [3.63, 3.8) is 0 Å². The first-order valence-electron chi connectivity index (χ1n) is 8.10. The van der Waals surface area contributed by atoms with Crippen molar-refractivity contribution in [3.8, 4) is 0 Å². The topological polar surface area (TPSA) is 58.1 Å². The third-order valence-electron chi connectivity index (χ3n) is 4.09. The van der Waals surface area contributed by atoms with Crippen molar-refractivity contribution >= 4 is 29.0 Å². The lowest BCUT2D eigenvalue weighted by atomic mass is 10.1. The fraction of sp³-hybridized carbons (Fsp3) is 0.353. The van der Waals surface area contributed by atoms with Gasteiger partial charge < -0.3 is 10.2 Å². The summed E-state index contributed by atoms with van der Waals surface area (Å²) in [6.45, 7) is 1.75. The summed E-state index contributed by atoms with van der Waals surface area (Å²) in [6.07, 6.45) is 1.40. The Morgan fingerprint density at radius 1 is 1.12 bits per heavy atom. The first kappa shape index (κ1) is 18.4. The first-order chi connectivity index (χ1) is 12.3. The Balaban J connectivity index is 1.76. The lowest BCUT2D eigenvalue weighted by Crippen LogP contribution is -2.30. The van der Waals surface area contributed by atoms with Gasteiger partial charge in [-0.3, -0.25) is 4.79 Å². The lowest BCUT2D eigenvalue weighted by Gasteiger charge is -2.27. The number of benzene rings is 1. The minimum Gasteiger partial charge on any atom is -0.355 e. The van der Waals surface area contributed by atoms with Crippen LogP contribution in [-0.2, 0) is 6.18 Å². The number of nitrogens with one attached hydrogen (secondary N) is 1. The second-order valence-corrected chi connectivity index (χ2v) is 6.39. The van der Waals surface area contributed by atoms with Crippen LogP contribution in [0.2, 0.25) is 5.02 Å². The Morgan fingerprint density at radius 3 is 2.46 bits per heavy atom. The number of amides is 1. The third kappa shape index (κ3) is 4.24. The number of halogens is 4. The molecule has 1 saturated heterocycles. The van der Waals surface area contributed by atoms with Crippen LogP contribution < -0.4 is 10.2 Å². The first-order valence-corrected chi connectivity index (χ1v) is 8.47. The highest BCUT2D eigenvalue weighted by Gasteiger charge is 2.34. The predicted octanol–water partition coefficient (Wildman–Crippen LogP) is 4.39. The molecule has 2 heterocycles. The molecule has 0 radical (unpaired) electrons. The highest BCUT2D eigenvalue weighted by Crippen LogP contribution is 2.36. The van der Waals surface area contributed by atoms with Crippen molar-refractivity contribution < 1.29 is 18.0 Å². The highest BCUT2D eigenvalue weighted by atomic mass is 35.5. The number of hydrogen-bond donors (Lipinski definition) is 1. The van der Waals surface area contributed by atoms with Gasteiger partial charge in [0, 0.05) is 18.1 Å². The molecule has 1 aliphatic heterocycles. The molecule has 138 valence electrons. The summed E-state index contributed by atoms with van der Waals surface area (Å²) in [5.41, 5.74) is -1.46. The summed E-state index contributed by atoms with van der Waals surface area (Å²) in [4.78, 5) is 22.6. The Labute approximate surface area is 153 Å². The van der Waals surface area contributed by atoms with Crippen LogP contribution in [0.1, 0.15) is 35.3 Å². The summed E-state index contributed by atoms with van der Waals surface area (Å²) in [6, 6.07) is 3.15. The standard InChI is InChI=1S/C17H16ClF3N4O/c18-11-4-5-13(12(8-11)17(19,20)21)24-16(26)14-9-23-15(10-22-14)25-6-2-1-3-7-25/h4-5,8-10H,1-3,6-7H2,(H,24,26). The van der Waals surface area contributed by atoms with E-state index in [1.165, 1.54) is 24.9 Å². The van der Waals surface area contributed by atoms with Crippen molar-refractivity contribution in [1.29, 1.82) is 0 Å². The van der Waals surface area contributed by atoms with Crippen molar-refractivity contribution in [1.82, 2.24) is 9.97 Å². The van der Waals surface area contributed by atoms with Gasteiger partial charge in [-0.15, -0.1) is 0 Å². The molecule has 1 amide bonds. The molecule has 0 aliphatic carbocycles. The van der Waals surface area contributed by atoms with Gasteiger partial charge in [0.15, 0.2) is 0 Å². The minimum atomic E-state index is -4.64. The fourth-order valence-corrected chi connectivity index (χ4v) is 2.94. The van der Waals surface area contributed by atoms with E-state index < -0.39 is 17.6 Å². The van der Waals surface area contributed by atoms with Gasteiger partial charge in [0.05, 0.1) is 23.6 Å². The average Bonchev–Trinajstić information content (AvgIpc) is 2.63. The number of carbonyl (C=O) groups is 1. The summed E-state index contributed by atoms with van der Waals surface area (Å²) in [7, 11) is 0. The van der Waals surface area contributed by atoms with Gasteiger partial charge in [0.1, 0.15) is 11.5 Å². The zero-order valence-electron chi connectivity index (χ0n) is 13.7. The van der Waals surface area contributed by atoms with E-state index in [0.717, 1.165) is 38.1 Å². The monoisotopic (exact) mass is 384 g/mol. The Hall–Kier alpha value is -2.35. The Bertz CT molecular complexity index is 790. The van der Waals surface area contributed by atoms with E-state index in [-0.39, 0.29) is 16.4 Å². The SMILES string of the molecule is O=C(Nc1ccc(Cl)cc1C(F)(F)F)c1cnc(N2CCCCC2)cn1. The second-order valence-electron chi connectivity index (χ2n) is 5.95. The van der Waals surface area contributed by atoms with Crippen LogP contribution in [0.25, 0.3) is 0 Å². The summed E-state index contributed by atoms with van der Waals surface area (Å²) in [5.74, 6) is -0.112. The van der Waals surface area contributed by atoms with Crippen LogP contribution in [0.15, 0.2) is 30.6 Å². The molecular formula is C17H16ClF3N4O. The zero-order valence-corrected chi connectivity index (χ0v) is 14.4.